The lowest BCUT2D eigenvalue weighted by Crippen LogP contribution is -2.48. The third-order valence-electron chi connectivity index (χ3n) is 4.21. The zero-order chi connectivity index (χ0) is 15.0. The van der Waals surface area contributed by atoms with Gasteiger partial charge in [-0.15, -0.1) is 11.3 Å². The lowest BCUT2D eigenvalue weighted by molar-refractivity contribution is 0.0602. The summed E-state index contributed by atoms with van der Waals surface area (Å²) in [6.45, 7) is 2.06. The fourth-order valence-electron chi connectivity index (χ4n) is 3.19. The molecule has 21 heavy (non-hydrogen) atoms. The molecule has 2 saturated heterocycles. The van der Waals surface area contributed by atoms with Crippen LogP contribution in [0.2, 0.25) is 0 Å². The molecule has 0 aliphatic carbocycles. The van der Waals surface area contributed by atoms with Gasteiger partial charge in [0.05, 0.1) is 7.11 Å². The molecular formula is C13H18N2O4S2. The van der Waals surface area contributed by atoms with Crippen LogP contribution in [0.1, 0.15) is 22.5 Å². The number of piperidine rings is 1. The molecule has 1 aromatic heterocycles. The van der Waals surface area contributed by atoms with Gasteiger partial charge in [-0.25, -0.2) is 13.2 Å². The van der Waals surface area contributed by atoms with Crippen LogP contribution in [0, 0.1) is 5.92 Å². The molecule has 2 unspecified atom stereocenters. The Labute approximate surface area is 128 Å². The number of thiophene rings is 1. The van der Waals surface area contributed by atoms with Crippen LogP contribution in [-0.4, -0.2) is 51.5 Å². The standard InChI is InChI=1S/C13H18N2O4S2/c1-19-13(16)12-11(4-6-20-12)21(17,18)15-5-2-3-9-7-14-8-10(9)15/h4,6,9-10,14H,2-3,5,7-8H2,1H3. The molecule has 3 heterocycles. The number of carbonyl (C=O) groups excluding carboxylic acids is 1. The molecule has 0 aromatic carbocycles. The van der Waals surface area contributed by atoms with Gasteiger partial charge in [-0.2, -0.15) is 4.31 Å². The number of nitrogens with one attached hydrogen (secondary N) is 1. The second kappa shape index (κ2) is 5.68. The Kier molecular flexibility index (Phi) is 4.04. The highest BCUT2D eigenvalue weighted by Gasteiger charge is 2.42. The Morgan fingerprint density at radius 3 is 3.05 bits per heavy atom. The number of carbonyl (C=O) groups is 1. The number of esters is 1. The summed E-state index contributed by atoms with van der Waals surface area (Å²) in [6.07, 6.45) is 1.91. The molecule has 3 rings (SSSR count). The Hall–Kier alpha value is -0.960. The number of hydrogen-bond acceptors (Lipinski definition) is 6. The van der Waals surface area contributed by atoms with Crippen molar-refractivity contribution in [3.05, 3.63) is 16.3 Å². The molecule has 1 aromatic rings. The average Bonchev–Trinajstić information content (AvgIpc) is 3.14. The molecule has 0 bridgehead atoms. The molecule has 2 atom stereocenters. The monoisotopic (exact) mass is 330 g/mol. The van der Waals surface area contributed by atoms with Crippen LogP contribution in [0.4, 0.5) is 0 Å². The van der Waals surface area contributed by atoms with Gasteiger partial charge < -0.3 is 10.1 Å². The summed E-state index contributed by atoms with van der Waals surface area (Å²) >= 11 is 1.10. The van der Waals surface area contributed by atoms with Crippen LogP contribution < -0.4 is 5.32 Å². The van der Waals surface area contributed by atoms with Gasteiger partial charge >= 0.3 is 5.97 Å². The van der Waals surface area contributed by atoms with E-state index in [1.807, 2.05) is 0 Å². The van der Waals surface area contributed by atoms with E-state index in [1.54, 1.807) is 9.69 Å². The molecule has 8 heteroatoms. The summed E-state index contributed by atoms with van der Waals surface area (Å²) in [4.78, 5) is 12.0. The van der Waals surface area contributed by atoms with Crippen LogP contribution in [0.25, 0.3) is 0 Å². The first kappa shape index (κ1) is 15.0. The zero-order valence-electron chi connectivity index (χ0n) is 11.7. The summed E-state index contributed by atoms with van der Waals surface area (Å²) in [5, 5.41) is 4.88. The quantitative estimate of drug-likeness (QED) is 0.834. The van der Waals surface area contributed by atoms with E-state index in [-0.39, 0.29) is 15.8 Å². The van der Waals surface area contributed by atoms with Gasteiger partial charge in [0.25, 0.3) is 0 Å². The van der Waals surface area contributed by atoms with Crippen LogP contribution in [0.3, 0.4) is 0 Å². The lowest BCUT2D eigenvalue weighted by atomic mass is 9.94. The molecule has 2 fully saturated rings. The highest BCUT2D eigenvalue weighted by Crippen LogP contribution is 2.33. The van der Waals surface area contributed by atoms with Crippen molar-refractivity contribution in [2.45, 2.75) is 23.8 Å². The summed E-state index contributed by atoms with van der Waals surface area (Å²) in [5.74, 6) is -0.226. The molecule has 2 aliphatic heterocycles. The molecule has 1 N–H and O–H groups in total. The van der Waals surface area contributed by atoms with E-state index in [1.165, 1.54) is 13.2 Å². The maximum atomic E-state index is 12.9. The second-order valence-electron chi connectivity index (χ2n) is 5.35. The fourth-order valence-corrected chi connectivity index (χ4v) is 6.23. The minimum Gasteiger partial charge on any atom is -0.465 e. The number of nitrogens with zero attached hydrogens (tertiary/aromatic N) is 1. The van der Waals surface area contributed by atoms with Crippen molar-refractivity contribution in [2.75, 3.05) is 26.7 Å². The van der Waals surface area contributed by atoms with Crippen molar-refractivity contribution in [2.24, 2.45) is 5.92 Å². The maximum absolute atomic E-state index is 12.9. The van der Waals surface area contributed by atoms with Gasteiger partial charge in [0.1, 0.15) is 9.77 Å². The molecule has 0 radical (unpaired) electrons. The van der Waals surface area contributed by atoms with Crippen molar-refractivity contribution < 1.29 is 17.9 Å². The summed E-state index contributed by atoms with van der Waals surface area (Å²) in [7, 11) is -2.40. The third-order valence-corrected chi connectivity index (χ3v) is 7.20. The van der Waals surface area contributed by atoms with E-state index in [9.17, 15) is 13.2 Å². The van der Waals surface area contributed by atoms with Crippen molar-refractivity contribution >= 4 is 27.3 Å². The van der Waals surface area contributed by atoms with Crippen molar-refractivity contribution in [3.63, 3.8) is 0 Å². The van der Waals surface area contributed by atoms with Crippen LogP contribution in [0.15, 0.2) is 16.3 Å². The topological polar surface area (TPSA) is 75.7 Å². The first-order valence-corrected chi connectivity index (χ1v) is 9.26. The third kappa shape index (κ3) is 2.50. The van der Waals surface area contributed by atoms with Crippen molar-refractivity contribution in [1.29, 1.82) is 0 Å². The highest BCUT2D eigenvalue weighted by molar-refractivity contribution is 7.89. The largest absolute Gasteiger partial charge is 0.465 e. The first-order chi connectivity index (χ1) is 10.1. The molecule has 0 amide bonds. The van der Waals surface area contributed by atoms with Crippen molar-refractivity contribution in [3.8, 4) is 0 Å². The number of methoxy groups -OCH3 is 1. The van der Waals surface area contributed by atoms with Gasteiger partial charge in [-0.1, -0.05) is 0 Å². The summed E-state index contributed by atoms with van der Waals surface area (Å²) in [5.41, 5.74) is 0. The van der Waals surface area contributed by atoms with E-state index in [0.717, 1.165) is 30.7 Å². The molecular weight excluding hydrogens is 312 g/mol. The number of ether oxygens (including phenoxy) is 1. The van der Waals surface area contributed by atoms with Crippen LogP contribution >= 0.6 is 11.3 Å². The molecule has 0 spiro atoms. The van der Waals surface area contributed by atoms with Gasteiger partial charge in [-0.05, 0) is 36.8 Å². The maximum Gasteiger partial charge on any atom is 0.349 e. The molecule has 116 valence electrons. The van der Waals surface area contributed by atoms with Gasteiger partial charge in [0.2, 0.25) is 10.0 Å². The molecule has 0 saturated carbocycles. The van der Waals surface area contributed by atoms with E-state index in [4.69, 9.17) is 0 Å². The normalized spacial score (nSPS) is 26.5. The number of rotatable bonds is 3. The Morgan fingerprint density at radius 2 is 2.29 bits per heavy atom. The Morgan fingerprint density at radius 1 is 1.48 bits per heavy atom. The predicted molar refractivity (Wildman–Crippen MR) is 78.9 cm³/mol. The van der Waals surface area contributed by atoms with E-state index >= 15 is 0 Å². The minimum atomic E-state index is -3.66. The van der Waals surface area contributed by atoms with Crippen LogP contribution in [-0.2, 0) is 14.8 Å². The van der Waals surface area contributed by atoms with E-state index in [0.29, 0.717) is 19.0 Å². The van der Waals surface area contributed by atoms with E-state index < -0.39 is 16.0 Å². The Balaban J connectivity index is 1.97. The van der Waals surface area contributed by atoms with Crippen LogP contribution in [0.5, 0.6) is 0 Å². The number of sulfonamides is 1. The number of hydrogen-bond donors (Lipinski definition) is 1. The zero-order valence-corrected chi connectivity index (χ0v) is 13.4. The second-order valence-corrected chi connectivity index (χ2v) is 8.12. The molecule has 2 aliphatic rings. The first-order valence-electron chi connectivity index (χ1n) is 6.94. The van der Waals surface area contributed by atoms with Gasteiger partial charge in [0.15, 0.2) is 0 Å². The van der Waals surface area contributed by atoms with Gasteiger partial charge in [0, 0.05) is 19.1 Å². The lowest BCUT2D eigenvalue weighted by Gasteiger charge is -2.35. The van der Waals surface area contributed by atoms with E-state index in [2.05, 4.69) is 10.1 Å². The number of fused-ring (bicyclic) bond motifs is 1. The highest BCUT2D eigenvalue weighted by atomic mass is 32.2. The average molecular weight is 330 g/mol. The van der Waals surface area contributed by atoms with Gasteiger partial charge in [-0.3, -0.25) is 0 Å². The summed E-state index contributed by atoms with van der Waals surface area (Å²) < 4.78 is 32.1. The van der Waals surface area contributed by atoms with Crippen molar-refractivity contribution in [1.82, 2.24) is 9.62 Å². The minimum absolute atomic E-state index is 0.00542. The molecule has 6 nitrogen and oxygen atoms in total. The SMILES string of the molecule is COC(=O)c1sccc1S(=O)(=O)N1CCCC2CNCC21. The predicted octanol–water partition coefficient (Wildman–Crippen LogP) is 0.907. The Bertz CT molecular complexity index is 640. The summed E-state index contributed by atoms with van der Waals surface area (Å²) in [6, 6.07) is 1.49. The fraction of sp³-hybridized carbons (Fsp3) is 0.615. The smallest absolute Gasteiger partial charge is 0.349 e.